The number of carbonyl (C=O) groups is 1. The number of hydrogen-bond donors (Lipinski definition) is 3. The third-order valence-corrected chi connectivity index (χ3v) is 5.36. The molecule has 0 bridgehead atoms. The topological polar surface area (TPSA) is 114 Å². The van der Waals surface area contributed by atoms with Crippen LogP contribution >= 0.6 is 11.6 Å². The summed E-state index contributed by atoms with van der Waals surface area (Å²) in [5, 5.41) is 23.4. The van der Waals surface area contributed by atoms with Crippen LogP contribution in [-0.2, 0) is 6.54 Å². The fourth-order valence-electron chi connectivity index (χ4n) is 3.36. The molecule has 0 radical (unpaired) electrons. The summed E-state index contributed by atoms with van der Waals surface area (Å²) in [5.41, 5.74) is 0.604. The number of ether oxygens (including phenoxy) is 1. The molecule has 1 aromatic carbocycles. The van der Waals surface area contributed by atoms with Gasteiger partial charge in [-0.1, -0.05) is 37.6 Å². The number of aromatic carboxylic acids is 1. The van der Waals surface area contributed by atoms with Gasteiger partial charge in [0.2, 0.25) is 11.3 Å². The molecule has 3 aromatic rings. The standard InChI is InChI=1S/C22H24ClN3O5/c1-12(2)18(11-27)26-10-16(22(29)30)19(28)15-8-17(21(31-3)25-20(15)26)24-9-13-4-6-14(23)7-5-13/h4-8,10,12,18,24,27H,9,11H2,1-3H3,(H,29,30). The van der Waals surface area contributed by atoms with Crippen molar-refractivity contribution in [1.82, 2.24) is 9.55 Å². The van der Waals surface area contributed by atoms with Crippen LogP contribution in [0.1, 0.15) is 35.8 Å². The van der Waals surface area contributed by atoms with Crippen molar-refractivity contribution < 1.29 is 19.7 Å². The molecule has 0 aliphatic carbocycles. The Bertz CT molecular complexity index is 1160. The predicted octanol–water partition coefficient (Wildman–Crippen LogP) is 3.56. The van der Waals surface area contributed by atoms with E-state index in [-0.39, 0.29) is 35.0 Å². The van der Waals surface area contributed by atoms with Crippen molar-refractivity contribution in [2.45, 2.75) is 26.4 Å². The van der Waals surface area contributed by atoms with Gasteiger partial charge in [0.25, 0.3) is 0 Å². The first-order valence-electron chi connectivity index (χ1n) is 9.73. The van der Waals surface area contributed by atoms with Gasteiger partial charge >= 0.3 is 5.97 Å². The first-order chi connectivity index (χ1) is 14.8. The number of pyridine rings is 2. The third-order valence-electron chi connectivity index (χ3n) is 5.10. The van der Waals surface area contributed by atoms with E-state index < -0.39 is 17.4 Å². The number of rotatable bonds is 8. The zero-order valence-electron chi connectivity index (χ0n) is 17.4. The van der Waals surface area contributed by atoms with Crippen molar-refractivity contribution in [3.8, 4) is 5.88 Å². The van der Waals surface area contributed by atoms with Gasteiger partial charge < -0.3 is 24.8 Å². The SMILES string of the molecule is COc1nc2c(cc1NCc1ccc(Cl)cc1)c(=O)c(C(=O)O)cn2C(CO)C(C)C. The van der Waals surface area contributed by atoms with E-state index in [9.17, 15) is 19.8 Å². The summed E-state index contributed by atoms with van der Waals surface area (Å²) >= 11 is 5.92. The molecule has 8 nitrogen and oxygen atoms in total. The minimum atomic E-state index is -1.34. The minimum Gasteiger partial charge on any atom is -0.479 e. The number of nitrogens with zero attached hydrogens (tertiary/aromatic N) is 2. The monoisotopic (exact) mass is 445 g/mol. The van der Waals surface area contributed by atoms with E-state index in [2.05, 4.69) is 10.3 Å². The Balaban J connectivity index is 2.17. The van der Waals surface area contributed by atoms with Gasteiger partial charge in [0, 0.05) is 17.8 Å². The highest BCUT2D eigenvalue weighted by atomic mass is 35.5. The van der Waals surface area contributed by atoms with Crippen LogP contribution in [0, 0.1) is 5.92 Å². The van der Waals surface area contributed by atoms with Crippen LogP contribution in [0.2, 0.25) is 5.02 Å². The number of carboxylic acid groups (broad SMARTS) is 1. The zero-order valence-corrected chi connectivity index (χ0v) is 18.2. The van der Waals surface area contributed by atoms with Gasteiger partial charge in [-0.25, -0.2) is 4.79 Å². The lowest BCUT2D eigenvalue weighted by Crippen LogP contribution is -2.26. The second kappa shape index (κ2) is 9.36. The van der Waals surface area contributed by atoms with E-state index >= 15 is 0 Å². The summed E-state index contributed by atoms with van der Waals surface area (Å²) in [6.07, 6.45) is 1.24. The van der Waals surface area contributed by atoms with Crippen molar-refractivity contribution in [3.63, 3.8) is 0 Å². The molecule has 0 aliphatic heterocycles. The Labute approximate surface area is 184 Å². The lowest BCUT2D eigenvalue weighted by molar-refractivity contribution is 0.0694. The van der Waals surface area contributed by atoms with Gasteiger partial charge in [-0.05, 0) is 29.7 Å². The van der Waals surface area contributed by atoms with Gasteiger partial charge in [0.15, 0.2) is 0 Å². The molecule has 164 valence electrons. The number of aliphatic hydroxyl groups is 1. The molecule has 31 heavy (non-hydrogen) atoms. The van der Waals surface area contributed by atoms with Crippen molar-refractivity contribution in [1.29, 1.82) is 0 Å². The van der Waals surface area contributed by atoms with Crippen LogP contribution in [0.3, 0.4) is 0 Å². The van der Waals surface area contributed by atoms with Crippen LogP contribution in [0.25, 0.3) is 11.0 Å². The van der Waals surface area contributed by atoms with Gasteiger partial charge in [-0.15, -0.1) is 0 Å². The number of fused-ring (bicyclic) bond motifs is 1. The maximum absolute atomic E-state index is 12.9. The van der Waals surface area contributed by atoms with Crippen molar-refractivity contribution in [2.75, 3.05) is 19.0 Å². The number of benzene rings is 1. The number of aliphatic hydroxyl groups excluding tert-OH is 1. The molecule has 3 rings (SSSR count). The third kappa shape index (κ3) is 4.65. The van der Waals surface area contributed by atoms with Crippen LogP contribution in [0.4, 0.5) is 5.69 Å². The summed E-state index contributed by atoms with van der Waals surface area (Å²) in [4.78, 5) is 29.1. The largest absolute Gasteiger partial charge is 0.479 e. The molecule has 0 saturated carbocycles. The Morgan fingerprint density at radius 3 is 2.52 bits per heavy atom. The molecule has 3 N–H and O–H groups in total. The maximum atomic E-state index is 12.9. The van der Waals surface area contributed by atoms with Crippen molar-refractivity contribution in [2.24, 2.45) is 5.92 Å². The van der Waals surface area contributed by atoms with E-state index in [1.165, 1.54) is 23.9 Å². The van der Waals surface area contributed by atoms with Gasteiger partial charge in [0.05, 0.1) is 30.8 Å². The number of hydrogen-bond acceptors (Lipinski definition) is 6. The summed E-state index contributed by atoms with van der Waals surface area (Å²) in [5.74, 6) is -1.13. The quantitative estimate of drug-likeness (QED) is 0.485. The number of anilines is 1. The van der Waals surface area contributed by atoms with Crippen molar-refractivity contribution >= 4 is 34.3 Å². The zero-order chi connectivity index (χ0) is 22.7. The molecule has 0 aliphatic rings. The van der Waals surface area contributed by atoms with E-state index in [4.69, 9.17) is 16.3 Å². The highest BCUT2D eigenvalue weighted by molar-refractivity contribution is 6.30. The van der Waals surface area contributed by atoms with Gasteiger partial charge in [-0.3, -0.25) is 4.79 Å². The lowest BCUT2D eigenvalue weighted by Gasteiger charge is -2.24. The highest BCUT2D eigenvalue weighted by Gasteiger charge is 2.23. The molecule has 0 fully saturated rings. The molecule has 0 spiro atoms. The van der Waals surface area contributed by atoms with E-state index in [1.807, 2.05) is 26.0 Å². The Kier molecular flexibility index (Phi) is 6.82. The first-order valence-corrected chi connectivity index (χ1v) is 10.1. The van der Waals surface area contributed by atoms with Crippen LogP contribution in [0.15, 0.2) is 41.3 Å². The van der Waals surface area contributed by atoms with Crippen LogP contribution in [-0.4, -0.2) is 39.5 Å². The summed E-state index contributed by atoms with van der Waals surface area (Å²) in [6, 6.07) is 8.34. The van der Waals surface area contributed by atoms with E-state index in [0.717, 1.165) is 5.56 Å². The number of methoxy groups -OCH3 is 1. The molecular weight excluding hydrogens is 422 g/mol. The normalized spacial score (nSPS) is 12.2. The Morgan fingerprint density at radius 1 is 1.29 bits per heavy atom. The molecule has 2 heterocycles. The molecular formula is C22H24ClN3O5. The van der Waals surface area contributed by atoms with Crippen molar-refractivity contribution in [3.05, 3.63) is 62.9 Å². The summed E-state index contributed by atoms with van der Waals surface area (Å²) in [7, 11) is 1.46. The fourth-order valence-corrected chi connectivity index (χ4v) is 3.49. The van der Waals surface area contributed by atoms with Crippen LogP contribution in [0.5, 0.6) is 5.88 Å². The minimum absolute atomic E-state index is 0.0344. The second-order valence-corrected chi connectivity index (χ2v) is 7.91. The highest BCUT2D eigenvalue weighted by Crippen LogP contribution is 2.29. The molecule has 1 unspecified atom stereocenters. The molecule has 2 aromatic heterocycles. The Morgan fingerprint density at radius 2 is 1.97 bits per heavy atom. The lowest BCUT2D eigenvalue weighted by atomic mass is 10.0. The van der Waals surface area contributed by atoms with E-state index in [0.29, 0.717) is 17.3 Å². The first kappa shape index (κ1) is 22.6. The molecule has 9 heteroatoms. The van der Waals surface area contributed by atoms with E-state index in [1.54, 1.807) is 12.1 Å². The maximum Gasteiger partial charge on any atom is 0.341 e. The molecule has 0 saturated heterocycles. The Hall–Kier alpha value is -3.10. The number of halogens is 1. The average molecular weight is 446 g/mol. The van der Waals surface area contributed by atoms with Crippen LogP contribution < -0.4 is 15.5 Å². The number of carboxylic acids is 1. The second-order valence-electron chi connectivity index (χ2n) is 7.47. The number of aromatic nitrogens is 2. The summed E-state index contributed by atoms with van der Waals surface area (Å²) < 4.78 is 6.96. The average Bonchev–Trinajstić information content (AvgIpc) is 2.74. The number of nitrogens with one attached hydrogen (secondary N) is 1. The molecule has 0 amide bonds. The predicted molar refractivity (Wildman–Crippen MR) is 119 cm³/mol. The fraction of sp³-hybridized carbons (Fsp3) is 0.318. The smallest absolute Gasteiger partial charge is 0.341 e. The summed E-state index contributed by atoms with van der Waals surface area (Å²) in [6.45, 7) is 3.96. The molecule has 1 atom stereocenters. The van der Waals surface area contributed by atoms with Gasteiger partial charge in [0.1, 0.15) is 11.2 Å². The van der Waals surface area contributed by atoms with Gasteiger partial charge in [-0.2, -0.15) is 4.98 Å².